The summed E-state index contributed by atoms with van der Waals surface area (Å²) in [5.41, 5.74) is 1.36. The summed E-state index contributed by atoms with van der Waals surface area (Å²) in [7, 11) is 0. The normalized spacial score (nSPS) is 26.8. The number of hydrogen-bond acceptors (Lipinski definition) is 7. The number of thiazole rings is 1. The third-order valence-corrected chi connectivity index (χ3v) is 13.2. The number of nitrogens with zero attached hydrogens (tertiary/aromatic N) is 1. The van der Waals surface area contributed by atoms with Gasteiger partial charge in [0.2, 0.25) is 11.8 Å². The average Bonchev–Trinajstić information content (AvgIpc) is 3.78. The van der Waals surface area contributed by atoms with E-state index in [9.17, 15) is 32.3 Å². The topological polar surface area (TPSA) is 109 Å². The molecule has 8 nitrogen and oxygen atoms in total. The van der Waals surface area contributed by atoms with Crippen LogP contribution in [0.25, 0.3) is 0 Å². The number of ether oxygens (including phenoxy) is 1. The number of aromatic amines is 1. The van der Waals surface area contributed by atoms with E-state index in [0.29, 0.717) is 22.9 Å². The van der Waals surface area contributed by atoms with Crippen LogP contribution >= 0.6 is 39.0 Å². The van der Waals surface area contributed by atoms with Crippen molar-refractivity contribution in [2.24, 2.45) is 29.6 Å². The summed E-state index contributed by atoms with van der Waals surface area (Å²) >= 11 is 6.17. The third kappa shape index (κ3) is 5.42. The molecule has 49 heavy (non-hydrogen) atoms. The molecule has 1 aromatic heterocycles. The van der Waals surface area contributed by atoms with E-state index in [1.54, 1.807) is 18.2 Å². The summed E-state index contributed by atoms with van der Waals surface area (Å²) in [4.78, 5) is 58.1. The Bertz CT molecular complexity index is 2100. The highest BCUT2D eigenvalue weighted by Crippen LogP contribution is 2.69. The molecule has 4 aliphatic rings. The second kappa shape index (κ2) is 11.9. The molecule has 3 heterocycles. The number of hydrogen-bond donors (Lipinski definition) is 2. The summed E-state index contributed by atoms with van der Waals surface area (Å²) in [6.45, 7) is 1.65. The van der Waals surface area contributed by atoms with Crippen LogP contribution in [0.2, 0.25) is 0 Å². The minimum Gasteiger partial charge on any atom is -0.483 e. The van der Waals surface area contributed by atoms with Crippen LogP contribution in [-0.2, 0) is 20.6 Å². The Morgan fingerprint density at radius 1 is 1.02 bits per heavy atom. The number of nitrogens with one attached hydrogen (secondary N) is 2. The lowest BCUT2D eigenvalue weighted by molar-refractivity contribution is -0.137. The van der Waals surface area contributed by atoms with Gasteiger partial charge in [0.1, 0.15) is 5.75 Å². The van der Waals surface area contributed by atoms with Gasteiger partial charge in [0.15, 0.2) is 6.61 Å². The number of benzene rings is 3. The summed E-state index contributed by atoms with van der Waals surface area (Å²) in [5, 5.41) is 3.39. The summed E-state index contributed by atoms with van der Waals surface area (Å²) in [6.07, 6.45) is -4.03. The van der Waals surface area contributed by atoms with Gasteiger partial charge in [0, 0.05) is 31.8 Å². The molecule has 0 spiro atoms. The van der Waals surface area contributed by atoms with Gasteiger partial charge in [-0.2, -0.15) is 13.2 Å². The molecular formula is C35H27BrF3N3O5S2. The summed E-state index contributed by atoms with van der Waals surface area (Å²) in [5.74, 6) is -3.34. The maximum atomic E-state index is 14.1. The molecule has 14 heteroatoms. The molecule has 2 aliphatic heterocycles. The first-order valence-corrected chi connectivity index (χ1v) is 18.1. The van der Waals surface area contributed by atoms with Crippen LogP contribution in [0.5, 0.6) is 5.75 Å². The Balaban J connectivity index is 1.14. The van der Waals surface area contributed by atoms with Crippen LogP contribution in [0.4, 0.5) is 24.5 Å². The molecule has 4 aromatic rings. The molecule has 3 amide bonds. The first-order chi connectivity index (χ1) is 23.4. The van der Waals surface area contributed by atoms with Gasteiger partial charge in [0.25, 0.3) is 5.91 Å². The number of aryl methyl sites for hydroxylation is 1. The second-order valence-electron chi connectivity index (χ2n) is 12.9. The van der Waals surface area contributed by atoms with Gasteiger partial charge in [-0.1, -0.05) is 45.5 Å². The fourth-order valence-corrected chi connectivity index (χ4v) is 11.7. The molecule has 2 saturated carbocycles. The van der Waals surface area contributed by atoms with E-state index in [4.69, 9.17) is 4.74 Å². The molecule has 2 N–H and O–H groups in total. The standard InChI is InChI=1S/C35H27BrF3N3O5S2/c1-15-4-2-6-18(10-15)40-24(43)14-47-23-9-8-17(36)12-20(23)25-26-21-13-22(29(26)48-31-30(25)49-34(46)41-31)28-27(21)32(44)42(33(28)45)19-7-3-5-16(11-19)35(37,38)39/h2-12,21-22,25-29H,13-14H2,1H3,(H,40,43)(H,41,46)/t21-,22-,25+,26-,27+,28+,29-/m1/s1. The molecule has 0 unspecified atom stereocenters. The summed E-state index contributed by atoms with van der Waals surface area (Å²) in [6, 6.07) is 17.2. The lowest BCUT2D eigenvalue weighted by Crippen LogP contribution is -2.42. The van der Waals surface area contributed by atoms with Crippen molar-refractivity contribution in [1.82, 2.24) is 4.98 Å². The number of carbonyl (C=O) groups excluding carboxylic acids is 3. The van der Waals surface area contributed by atoms with E-state index in [1.165, 1.54) is 23.9 Å². The smallest absolute Gasteiger partial charge is 0.416 e. The number of carbonyl (C=O) groups is 3. The number of thioether (sulfide) groups is 1. The number of fused-ring (bicyclic) bond motifs is 9. The predicted molar refractivity (Wildman–Crippen MR) is 182 cm³/mol. The molecule has 252 valence electrons. The maximum absolute atomic E-state index is 14.1. The Kier molecular flexibility index (Phi) is 7.83. The van der Waals surface area contributed by atoms with Gasteiger partial charge in [0.05, 0.1) is 28.1 Å². The van der Waals surface area contributed by atoms with E-state index in [1.807, 2.05) is 31.2 Å². The van der Waals surface area contributed by atoms with E-state index < -0.39 is 41.3 Å². The molecule has 8 rings (SSSR count). The molecule has 2 bridgehead atoms. The largest absolute Gasteiger partial charge is 0.483 e. The number of imide groups is 1. The van der Waals surface area contributed by atoms with Crippen LogP contribution in [0.1, 0.15) is 33.9 Å². The fraction of sp³-hybridized carbons (Fsp3) is 0.314. The molecule has 3 aromatic carbocycles. The fourth-order valence-electron chi connectivity index (χ4n) is 8.40. The minimum absolute atomic E-state index is 0.0825. The number of anilines is 2. The Hall–Kier alpha value is -3.88. The number of H-pyrrole nitrogens is 1. The highest BCUT2D eigenvalue weighted by Gasteiger charge is 2.70. The number of halogens is 4. The molecule has 7 atom stereocenters. The Morgan fingerprint density at radius 3 is 2.53 bits per heavy atom. The van der Waals surface area contributed by atoms with E-state index in [0.717, 1.165) is 48.8 Å². The Labute approximate surface area is 294 Å². The minimum atomic E-state index is -4.63. The molecular weight excluding hydrogens is 743 g/mol. The zero-order chi connectivity index (χ0) is 34.4. The third-order valence-electron chi connectivity index (χ3n) is 10.1. The maximum Gasteiger partial charge on any atom is 0.416 e. The molecule has 0 radical (unpaired) electrons. The van der Waals surface area contributed by atoms with Crippen molar-refractivity contribution in [1.29, 1.82) is 0 Å². The van der Waals surface area contributed by atoms with Crippen molar-refractivity contribution in [3.05, 3.63) is 102 Å². The van der Waals surface area contributed by atoms with Crippen LogP contribution in [0.15, 0.2) is 81.0 Å². The second-order valence-corrected chi connectivity index (χ2v) is 16.0. The van der Waals surface area contributed by atoms with Crippen LogP contribution < -0.4 is 19.8 Å². The first kappa shape index (κ1) is 32.3. The van der Waals surface area contributed by atoms with E-state index >= 15 is 0 Å². The lowest BCUT2D eigenvalue weighted by Gasteiger charge is -2.43. The van der Waals surface area contributed by atoms with Gasteiger partial charge in [-0.25, -0.2) is 0 Å². The number of rotatable bonds is 6. The molecule has 3 fully saturated rings. The van der Waals surface area contributed by atoms with Crippen molar-refractivity contribution in [3.8, 4) is 5.75 Å². The van der Waals surface area contributed by atoms with Crippen molar-refractivity contribution < 1.29 is 32.3 Å². The summed E-state index contributed by atoms with van der Waals surface area (Å²) < 4.78 is 47.6. The van der Waals surface area contributed by atoms with Gasteiger partial charge >= 0.3 is 11.0 Å². The highest BCUT2D eigenvalue weighted by atomic mass is 79.9. The van der Waals surface area contributed by atoms with Crippen LogP contribution in [0, 0.1) is 36.5 Å². The van der Waals surface area contributed by atoms with Crippen molar-refractivity contribution in [2.45, 2.75) is 35.7 Å². The quantitative estimate of drug-likeness (QED) is 0.201. The van der Waals surface area contributed by atoms with Gasteiger partial charge in [-0.05, 0) is 85.2 Å². The SMILES string of the molecule is Cc1cccc(NC(=O)COc2ccc(Br)cc2[C@@H]2c3sc(=O)[nH]c3S[C@@H]3[C@@H]4C[C@@H]([C@@H]5C(=O)N(c6cccc(C(F)(F)F)c6)C(=O)[C@@H]45)[C@H]23)c1. The predicted octanol–water partition coefficient (Wildman–Crippen LogP) is 7.22. The zero-order valence-electron chi connectivity index (χ0n) is 25.6. The van der Waals surface area contributed by atoms with Crippen molar-refractivity contribution in [2.75, 3.05) is 16.8 Å². The van der Waals surface area contributed by atoms with Crippen molar-refractivity contribution >= 4 is 68.1 Å². The van der Waals surface area contributed by atoms with E-state index in [-0.39, 0.29) is 46.1 Å². The molecule has 1 saturated heterocycles. The number of aromatic nitrogens is 1. The lowest BCUT2D eigenvalue weighted by atomic mass is 9.68. The van der Waals surface area contributed by atoms with Gasteiger partial charge in [-0.3, -0.25) is 24.1 Å². The monoisotopic (exact) mass is 769 g/mol. The highest BCUT2D eigenvalue weighted by molar-refractivity contribution is 9.10. The Morgan fingerprint density at radius 2 is 1.78 bits per heavy atom. The number of amides is 3. The van der Waals surface area contributed by atoms with Crippen LogP contribution in [-0.4, -0.2) is 34.6 Å². The van der Waals surface area contributed by atoms with E-state index in [2.05, 4.69) is 26.2 Å². The van der Waals surface area contributed by atoms with Gasteiger partial charge < -0.3 is 15.0 Å². The zero-order valence-corrected chi connectivity index (χ0v) is 28.8. The number of alkyl halides is 3. The van der Waals surface area contributed by atoms with Crippen molar-refractivity contribution in [3.63, 3.8) is 0 Å². The van der Waals surface area contributed by atoms with Gasteiger partial charge in [-0.15, -0.1) is 11.8 Å². The molecule has 2 aliphatic carbocycles. The first-order valence-electron chi connectivity index (χ1n) is 15.6. The average molecular weight is 771 g/mol. The van der Waals surface area contributed by atoms with Crippen LogP contribution in [0.3, 0.4) is 0 Å².